The average molecular weight is 443 g/mol. The normalized spacial score (nSPS) is 12.9. The summed E-state index contributed by atoms with van der Waals surface area (Å²) in [6.45, 7) is 11.5. The number of ether oxygens (including phenoxy) is 2. The molecule has 0 fully saturated rings. The van der Waals surface area contributed by atoms with Gasteiger partial charge in [0.2, 0.25) is 0 Å². The summed E-state index contributed by atoms with van der Waals surface area (Å²) in [5.74, 6) is -0.406. The molecule has 2 aromatic carbocycles. The molecule has 1 atom stereocenters. The Balaban J connectivity index is 2.18. The number of rotatable bonds is 7. The summed E-state index contributed by atoms with van der Waals surface area (Å²) in [7, 11) is 0. The predicted molar refractivity (Wildman–Crippen MR) is 129 cm³/mol. The highest BCUT2D eigenvalue weighted by molar-refractivity contribution is 7.80. The van der Waals surface area contributed by atoms with E-state index >= 15 is 0 Å². The summed E-state index contributed by atoms with van der Waals surface area (Å²) in [6.07, 6.45) is 0. The van der Waals surface area contributed by atoms with Crippen LogP contribution in [0, 0.1) is 0 Å². The Hall–Kier alpha value is -2.44. The molecule has 0 amide bonds. The molecule has 1 unspecified atom stereocenters. The number of hydrogen-bond donors (Lipinski definition) is 2. The van der Waals surface area contributed by atoms with E-state index in [1.54, 1.807) is 0 Å². The number of esters is 1. The number of carbonyl (C=O) groups is 1. The number of nitrogens with one attached hydrogen (secondary N) is 2. The minimum atomic E-state index is -0.731. The van der Waals surface area contributed by atoms with Crippen molar-refractivity contribution in [3.8, 4) is 0 Å². The van der Waals surface area contributed by atoms with Crippen LogP contribution in [-0.4, -0.2) is 34.9 Å². The van der Waals surface area contributed by atoms with E-state index in [9.17, 15) is 4.79 Å². The van der Waals surface area contributed by atoms with Crippen LogP contribution < -0.4 is 10.6 Å². The first-order valence-corrected chi connectivity index (χ1v) is 10.9. The number of hydrogen-bond acceptors (Lipinski definition) is 4. The quantitative estimate of drug-likeness (QED) is 0.476. The van der Waals surface area contributed by atoms with Crippen LogP contribution in [0.1, 0.15) is 58.7 Å². The molecule has 168 valence electrons. The van der Waals surface area contributed by atoms with E-state index in [2.05, 4.69) is 10.6 Å². The number of carbonyl (C=O) groups excluding carboxylic acids is 1. The van der Waals surface area contributed by atoms with Gasteiger partial charge in [0.25, 0.3) is 0 Å². The van der Waals surface area contributed by atoms with Gasteiger partial charge < -0.3 is 20.1 Å². The summed E-state index contributed by atoms with van der Waals surface area (Å²) < 4.78 is 11.4. The first-order chi connectivity index (χ1) is 14.4. The largest absolute Gasteiger partial charge is 0.458 e. The highest BCUT2D eigenvalue weighted by Crippen LogP contribution is 2.21. The molecule has 2 rings (SSSR count). The lowest BCUT2D eigenvalue weighted by atomic mass is 9.99. The maximum atomic E-state index is 12.8. The fourth-order valence-corrected chi connectivity index (χ4v) is 3.12. The minimum Gasteiger partial charge on any atom is -0.458 e. The minimum absolute atomic E-state index is 0.140. The summed E-state index contributed by atoms with van der Waals surface area (Å²) >= 11 is 5.59. The van der Waals surface area contributed by atoms with Crippen molar-refractivity contribution in [2.45, 2.75) is 64.8 Å². The van der Waals surface area contributed by atoms with Crippen LogP contribution in [0.3, 0.4) is 0 Å². The maximum Gasteiger partial charge on any atom is 0.331 e. The first kappa shape index (κ1) is 24.8. The molecular formula is C25H34N2O3S. The molecule has 0 radical (unpaired) electrons. The van der Waals surface area contributed by atoms with Crippen LogP contribution >= 0.6 is 12.2 Å². The second-order valence-electron chi connectivity index (χ2n) is 9.38. The van der Waals surface area contributed by atoms with E-state index in [-0.39, 0.29) is 12.6 Å². The van der Waals surface area contributed by atoms with Crippen molar-refractivity contribution in [1.29, 1.82) is 0 Å². The lowest BCUT2D eigenvalue weighted by Gasteiger charge is -2.29. The van der Waals surface area contributed by atoms with Crippen LogP contribution in [0.5, 0.6) is 0 Å². The highest BCUT2D eigenvalue weighted by Gasteiger charge is 2.28. The van der Waals surface area contributed by atoms with Crippen molar-refractivity contribution >= 4 is 23.3 Å². The van der Waals surface area contributed by atoms with Gasteiger partial charge in [-0.3, -0.25) is 0 Å². The average Bonchev–Trinajstić information content (AvgIpc) is 2.68. The van der Waals surface area contributed by atoms with Gasteiger partial charge in [-0.1, -0.05) is 60.7 Å². The van der Waals surface area contributed by atoms with Crippen LogP contribution in [-0.2, 0) is 14.3 Å². The molecule has 0 saturated heterocycles. The Morgan fingerprint density at radius 3 is 1.74 bits per heavy atom. The third-order valence-corrected chi connectivity index (χ3v) is 4.46. The van der Waals surface area contributed by atoms with Crippen molar-refractivity contribution in [2.24, 2.45) is 0 Å². The summed E-state index contributed by atoms with van der Waals surface area (Å²) in [5, 5.41) is 6.81. The van der Waals surface area contributed by atoms with E-state index in [1.807, 2.05) is 102 Å². The van der Waals surface area contributed by atoms with Crippen molar-refractivity contribution < 1.29 is 14.3 Å². The van der Waals surface area contributed by atoms with Crippen LogP contribution in [0.15, 0.2) is 60.7 Å². The van der Waals surface area contributed by atoms with Gasteiger partial charge in [-0.25, -0.2) is 4.79 Å². The summed E-state index contributed by atoms with van der Waals surface area (Å²) in [5.41, 5.74) is 1.13. The predicted octanol–water partition coefficient (Wildman–Crippen LogP) is 4.77. The first-order valence-electron chi connectivity index (χ1n) is 10.5. The molecule has 0 aliphatic heterocycles. The Kier molecular flexibility index (Phi) is 8.60. The van der Waals surface area contributed by atoms with E-state index in [0.717, 1.165) is 11.1 Å². The van der Waals surface area contributed by atoms with Crippen LogP contribution in [0.25, 0.3) is 0 Å². The van der Waals surface area contributed by atoms with E-state index < -0.39 is 23.2 Å². The zero-order valence-electron chi connectivity index (χ0n) is 19.3. The lowest BCUT2D eigenvalue weighted by Crippen LogP contribution is -2.51. The van der Waals surface area contributed by atoms with Crippen molar-refractivity contribution in [3.63, 3.8) is 0 Å². The molecular weight excluding hydrogens is 408 g/mol. The molecule has 5 nitrogen and oxygen atoms in total. The second-order valence-corrected chi connectivity index (χ2v) is 9.79. The third-order valence-electron chi connectivity index (χ3n) is 4.22. The van der Waals surface area contributed by atoms with Gasteiger partial charge in [0, 0.05) is 0 Å². The van der Waals surface area contributed by atoms with E-state index in [4.69, 9.17) is 21.7 Å². The standard InChI is InChI=1S/C25H34N2O3S/c1-24(2,3)29-17-20(22(28)30-25(4,5)6)26-23(31)27-21(18-13-9-7-10-14-18)19-15-11-8-12-16-19/h7-16,20-21H,17H2,1-6H3,(H2,26,27,31). The summed E-state index contributed by atoms with van der Waals surface area (Å²) in [6, 6.07) is 19.2. The van der Waals surface area contributed by atoms with Crippen molar-refractivity contribution in [3.05, 3.63) is 71.8 Å². The smallest absolute Gasteiger partial charge is 0.331 e. The molecule has 0 spiro atoms. The van der Waals surface area contributed by atoms with Gasteiger partial charge in [0.15, 0.2) is 5.11 Å². The number of thiocarbonyl (C=S) groups is 1. The van der Waals surface area contributed by atoms with Crippen molar-refractivity contribution in [1.82, 2.24) is 10.6 Å². The molecule has 0 heterocycles. The Bertz CT molecular complexity index is 803. The number of benzene rings is 2. The Morgan fingerprint density at radius 2 is 1.32 bits per heavy atom. The van der Waals surface area contributed by atoms with Crippen LogP contribution in [0.2, 0.25) is 0 Å². The molecule has 0 saturated carbocycles. The van der Waals surface area contributed by atoms with Gasteiger partial charge >= 0.3 is 5.97 Å². The lowest BCUT2D eigenvalue weighted by molar-refractivity contribution is -0.160. The fourth-order valence-electron chi connectivity index (χ4n) is 2.86. The Morgan fingerprint density at radius 1 is 0.839 bits per heavy atom. The van der Waals surface area contributed by atoms with Gasteiger partial charge in [0.05, 0.1) is 18.2 Å². The van der Waals surface area contributed by atoms with E-state index in [1.165, 1.54) is 0 Å². The topological polar surface area (TPSA) is 59.6 Å². The highest BCUT2D eigenvalue weighted by atomic mass is 32.1. The maximum absolute atomic E-state index is 12.8. The molecule has 2 aromatic rings. The monoisotopic (exact) mass is 442 g/mol. The van der Waals surface area contributed by atoms with Gasteiger partial charge in [-0.2, -0.15) is 0 Å². The molecule has 0 bridgehead atoms. The van der Waals surface area contributed by atoms with Crippen molar-refractivity contribution in [2.75, 3.05) is 6.61 Å². The Labute approximate surface area is 191 Å². The zero-order chi connectivity index (χ0) is 23.1. The molecule has 0 aliphatic carbocycles. The van der Waals surface area contributed by atoms with Gasteiger partial charge in [-0.15, -0.1) is 0 Å². The SMILES string of the molecule is CC(C)(C)OCC(NC(=S)NC(c1ccccc1)c1ccccc1)C(=O)OC(C)(C)C. The third kappa shape index (κ3) is 9.07. The van der Waals surface area contributed by atoms with Gasteiger partial charge in [-0.05, 0) is 64.9 Å². The molecule has 0 aliphatic rings. The molecule has 31 heavy (non-hydrogen) atoms. The molecule has 0 aromatic heterocycles. The fraction of sp³-hybridized carbons (Fsp3) is 0.440. The summed E-state index contributed by atoms with van der Waals surface area (Å²) in [4.78, 5) is 12.8. The van der Waals surface area contributed by atoms with Gasteiger partial charge in [0.1, 0.15) is 11.6 Å². The molecule has 6 heteroatoms. The molecule has 2 N–H and O–H groups in total. The van der Waals surface area contributed by atoms with Crippen LogP contribution in [0.4, 0.5) is 0 Å². The zero-order valence-corrected chi connectivity index (χ0v) is 20.1. The van der Waals surface area contributed by atoms with E-state index in [0.29, 0.717) is 5.11 Å². The second kappa shape index (κ2) is 10.7.